The molecular weight excluding hydrogens is 342 g/mol. The Kier molecular flexibility index (Phi) is 10.2. The Labute approximate surface area is 167 Å². The van der Waals surface area contributed by atoms with Gasteiger partial charge in [-0.25, -0.2) is 0 Å². The fraction of sp³-hybridized carbons (Fsp3) is 0.800. The van der Waals surface area contributed by atoms with Crippen LogP contribution in [-0.4, -0.2) is 93.9 Å². The average molecular weight is 371 g/mol. The Morgan fingerprint density at radius 1 is 1.43 bits per heavy atom. The van der Waals surface area contributed by atoms with Crippen molar-refractivity contribution >= 4 is 57.3 Å². The molecule has 2 amide bonds. The minimum absolute atomic E-state index is 0. The first-order valence-electron chi connectivity index (χ1n) is 7.48. The third-order valence-corrected chi connectivity index (χ3v) is 4.14. The number of carbonyl (C=O) groups is 2. The fourth-order valence-electron chi connectivity index (χ4n) is 2.92. The van der Waals surface area contributed by atoms with Crippen molar-refractivity contribution < 1.29 is 11.0 Å². The maximum atomic E-state index is 11.3. The van der Waals surface area contributed by atoms with E-state index in [0.717, 1.165) is 38.9 Å². The van der Waals surface area contributed by atoms with E-state index >= 15 is 0 Å². The first-order chi connectivity index (χ1) is 9.37. The minimum atomic E-state index is -0.229. The smallest absolute Gasteiger partial charge is 1.00 e. The van der Waals surface area contributed by atoms with Crippen LogP contribution >= 0.6 is 0 Å². The summed E-state index contributed by atoms with van der Waals surface area (Å²) in [5.41, 5.74) is -0.0621. The van der Waals surface area contributed by atoms with Crippen LogP contribution in [0, 0.1) is 12.8 Å². The second-order valence-electron chi connectivity index (χ2n) is 5.98. The summed E-state index contributed by atoms with van der Waals surface area (Å²) in [4.78, 5) is 24.4. The topological polar surface area (TPSA) is 61.4 Å². The second kappa shape index (κ2) is 10.1. The molecule has 0 aliphatic heterocycles. The summed E-state index contributed by atoms with van der Waals surface area (Å²) in [5, 5.41) is 5.82. The number of hydrogen-bond acceptors (Lipinski definition) is 3. The van der Waals surface area contributed by atoms with Gasteiger partial charge in [-0.3, -0.25) is 4.79 Å². The van der Waals surface area contributed by atoms with Crippen LogP contribution in [0.4, 0.5) is 0 Å². The van der Waals surface area contributed by atoms with Gasteiger partial charge in [-0.1, -0.05) is 6.92 Å². The van der Waals surface area contributed by atoms with Crippen molar-refractivity contribution in [1.29, 1.82) is 0 Å². The van der Waals surface area contributed by atoms with Gasteiger partial charge in [0, 0.05) is 32.1 Å². The summed E-state index contributed by atoms with van der Waals surface area (Å²) >= 11 is 0. The van der Waals surface area contributed by atoms with Crippen molar-refractivity contribution in [2.45, 2.75) is 45.6 Å². The summed E-state index contributed by atoms with van der Waals surface area (Å²) in [6.45, 7) is 12.6. The van der Waals surface area contributed by atoms with Crippen molar-refractivity contribution in [3.63, 3.8) is 0 Å². The van der Waals surface area contributed by atoms with Gasteiger partial charge in [0.2, 0.25) is 5.91 Å². The maximum absolute atomic E-state index is 11.3. The third kappa shape index (κ3) is 7.37. The molecule has 1 aliphatic rings. The van der Waals surface area contributed by atoms with Gasteiger partial charge in [-0.2, -0.15) is 0 Å². The zero-order valence-corrected chi connectivity index (χ0v) is 17.2. The minimum Gasteiger partial charge on any atom is -1.00 e. The molecule has 6 heteroatoms. The molecule has 5 nitrogen and oxygen atoms in total. The van der Waals surface area contributed by atoms with Crippen LogP contribution in [0.3, 0.4) is 0 Å². The fourth-order valence-corrected chi connectivity index (χ4v) is 2.92. The van der Waals surface area contributed by atoms with Gasteiger partial charge in [-0.15, -0.1) is 0 Å². The summed E-state index contributed by atoms with van der Waals surface area (Å²) < 4.78 is 0. The first-order valence-corrected chi connectivity index (χ1v) is 7.48. The molecule has 0 bridgehead atoms. The van der Waals surface area contributed by atoms with E-state index in [4.69, 9.17) is 0 Å². The quantitative estimate of drug-likeness (QED) is 0.488. The normalized spacial score (nSPS) is 23.9. The Balaban J connectivity index is 0. The van der Waals surface area contributed by atoms with E-state index in [-0.39, 0.29) is 64.3 Å². The molecule has 0 radical (unpaired) electrons. The number of hydrogen-bond donors (Lipinski definition) is 2. The van der Waals surface area contributed by atoms with Gasteiger partial charge >= 0.3 is 45.5 Å². The number of nitrogens with one attached hydrogen (secondary N) is 2. The Bertz CT molecular complexity index is 358. The molecule has 1 saturated carbocycles. The first kappa shape index (κ1) is 21.3. The average Bonchev–Trinajstić information content (AvgIpc) is 2.33. The molecule has 118 valence electrons. The molecule has 1 fully saturated rings. The van der Waals surface area contributed by atoms with Crippen molar-refractivity contribution in [3.8, 4) is 0 Å². The molecular formula is C15H29N3O2Sr. The van der Waals surface area contributed by atoms with Crippen LogP contribution in [0.15, 0.2) is 0 Å². The summed E-state index contributed by atoms with van der Waals surface area (Å²) in [6.07, 6.45) is 3.29. The third-order valence-electron chi connectivity index (χ3n) is 4.14. The van der Waals surface area contributed by atoms with Crippen LogP contribution in [0.1, 0.15) is 41.5 Å². The van der Waals surface area contributed by atoms with Gasteiger partial charge in [-0.05, 0) is 38.6 Å². The number of carbonyl (C=O) groups excluding carboxylic acids is 2. The second-order valence-corrected chi connectivity index (χ2v) is 5.98. The molecule has 0 saturated heterocycles. The Morgan fingerprint density at radius 3 is 2.52 bits per heavy atom. The standard InChI is InChI=1S/C15H28N3O2.Sr.H/c1-5-9-18(10-8-16-12(2)19)11-14-6-7-15(14,4)17-13(3)20;;/h14H,2,5-11H2,1,3-4H3,(H,16,19)(H,17,20);;/q-1;+2;-1/t14?,15-;;/m0../s1. The largest absolute Gasteiger partial charge is 2.00 e. The number of rotatable bonds is 8. The van der Waals surface area contributed by atoms with Crippen LogP contribution in [-0.2, 0) is 9.59 Å². The molecule has 1 aliphatic carbocycles. The summed E-state index contributed by atoms with van der Waals surface area (Å²) in [7, 11) is 0. The van der Waals surface area contributed by atoms with Gasteiger partial charge in [0.25, 0.3) is 0 Å². The van der Waals surface area contributed by atoms with Crippen molar-refractivity contribution in [2.24, 2.45) is 5.92 Å². The van der Waals surface area contributed by atoms with Gasteiger partial charge in [0.05, 0.1) is 5.91 Å². The molecule has 2 atom stereocenters. The molecule has 2 N–H and O–H groups in total. The Morgan fingerprint density at radius 2 is 2.10 bits per heavy atom. The summed E-state index contributed by atoms with van der Waals surface area (Å²) in [6, 6.07) is 0. The SMILES string of the molecule is [CH2-]C(=O)NCCN(CCC)CC1CC[C@]1(C)NC(C)=O.[H-].[Sr+2]. The van der Waals surface area contributed by atoms with Gasteiger partial charge in [0.1, 0.15) is 0 Å². The summed E-state index contributed by atoms with van der Waals surface area (Å²) in [5.74, 6) is 0.310. The van der Waals surface area contributed by atoms with E-state index in [9.17, 15) is 9.59 Å². The molecule has 0 aromatic heterocycles. The number of nitrogens with zero attached hydrogens (tertiary/aromatic N) is 1. The van der Waals surface area contributed by atoms with Crippen LogP contribution in [0.5, 0.6) is 0 Å². The van der Waals surface area contributed by atoms with Crippen LogP contribution in [0.25, 0.3) is 0 Å². The molecule has 1 rings (SSSR count). The van der Waals surface area contributed by atoms with Crippen molar-refractivity contribution in [1.82, 2.24) is 15.5 Å². The molecule has 0 aromatic rings. The van der Waals surface area contributed by atoms with Crippen molar-refractivity contribution in [2.75, 3.05) is 26.2 Å². The maximum Gasteiger partial charge on any atom is 2.00 e. The van der Waals surface area contributed by atoms with E-state index in [0.29, 0.717) is 12.5 Å². The molecule has 1 unspecified atom stereocenters. The predicted octanol–water partition coefficient (Wildman–Crippen LogP) is 0.685. The van der Waals surface area contributed by atoms with Gasteiger partial charge in [0.15, 0.2) is 0 Å². The van der Waals surface area contributed by atoms with E-state index < -0.39 is 0 Å². The molecule has 21 heavy (non-hydrogen) atoms. The van der Waals surface area contributed by atoms with Crippen LogP contribution < -0.4 is 10.6 Å². The molecule has 0 aromatic carbocycles. The number of amides is 2. The van der Waals surface area contributed by atoms with E-state index in [2.05, 4.69) is 36.3 Å². The van der Waals surface area contributed by atoms with E-state index in [1.165, 1.54) is 0 Å². The zero-order chi connectivity index (χ0) is 15.2. The monoisotopic (exact) mass is 371 g/mol. The van der Waals surface area contributed by atoms with Crippen LogP contribution in [0.2, 0.25) is 0 Å². The van der Waals surface area contributed by atoms with E-state index in [1.54, 1.807) is 6.92 Å². The predicted molar refractivity (Wildman–Crippen MR) is 86.9 cm³/mol. The van der Waals surface area contributed by atoms with Gasteiger partial charge < -0.3 is 28.7 Å². The Hall–Kier alpha value is 0.251. The molecule has 0 heterocycles. The van der Waals surface area contributed by atoms with E-state index in [1.807, 2.05) is 0 Å². The van der Waals surface area contributed by atoms with Crippen molar-refractivity contribution in [3.05, 3.63) is 6.92 Å². The molecule has 0 spiro atoms. The zero-order valence-electron chi connectivity index (χ0n) is 14.7.